The van der Waals surface area contributed by atoms with Gasteiger partial charge in [0.25, 0.3) is 0 Å². The first kappa shape index (κ1) is 46.7. The molecule has 5 amide bonds. The summed E-state index contributed by atoms with van der Waals surface area (Å²) in [5, 5.41) is 41.7. The molecule has 0 fully saturated rings. The summed E-state index contributed by atoms with van der Waals surface area (Å²) in [6.45, 7) is 0.655. The van der Waals surface area contributed by atoms with Crippen molar-refractivity contribution >= 4 is 47.4 Å². The lowest BCUT2D eigenvalue weighted by Crippen LogP contribution is -2.60. The standard InChI is InChI=1S/C36H54N12O9/c1-20(29(51)46-26(34(56)57)10-6-16-43-36(40)41)44-32(54)27(18-22-11-13-23(50)14-12-22)47-31(53)25(9-5-15-42-35(38)39)45-33(55)28(19-49)48-30(52)24(37)17-21-7-3-2-4-8-21/h2-4,7-8,11-14,20,24-28,49-50H,5-6,9-10,15-19,37H2,1H3,(H,44,54)(H,45,55)(H,46,51)(H,47,53)(H,48,52)(H,56,57)(H4,38,39,42)(H4,40,41,43)/t20-,24-,25-,26-,27-,28-/m0/s1. The summed E-state index contributed by atoms with van der Waals surface area (Å²) in [5.74, 6) is -5.98. The van der Waals surface area contributed by atoms with E-state index in [4.69, 9.17) is 28.7 Å². The number of nitrogens with one attached hydrogen (secondary N) is 5. The summed E-state index contributed by atoms with van der Waals surface area (Å²) < 4.78 is 0. The second-order valence-electron chi connectivity index (χ2n) is 13.1. The Hall–Kier alpha value is -6.48. The quantitative estimate of drug-likeness (QED) is 0.0275. The molecule has 0 saturated carbocycles. The molecule has 0 unspecified atom stereocenters. The van der Waals surface area contributed by atoms with E-state index in [1.165, 1.54) is 31.2 Å². The van der Waals surface area contributed by atoms with Crippen LogP contribution in [0.3, 0.4) is 0 Å². The van der Waals surface area contributed by atoms with Gasteiger partial charge in [0.05, 0.1) is 12.6 Å². The van der Waals surface area contributed by atoms with Crippen LogP contribution in [0.2, 0.25) is 0 Å². The zero-order chi connectivity index (χ0) is 42.5. The molecule has 57 heavy (non-hydrogen) atoms. The number of nitrogens with two attached hydrogens (primary N) is 5. The van der Waals surface area contributed by atoms with Gasteiger partial charge in [0.1, 0.15) is 36.0 Å². The molecular formula is C36H54N12O9. The third kappa shape index (κ3) is 17.7. The monoisotopic (exact) mass is 798 g/mol. The lowest BCUT2D eigenvalue weighted by atomic mass is 10.0. The predicted octanol–water partition coefficient (Wildman–Crippen LogP) is -3.87. The van der Waals surface area contributed by atoms with Crippen LogP contribution in [0, 0.1) is 0 Å². The van der Waals surface area contributed by atoms with Crippen molar-refractivity contribution in [2.75, 3.05) is 19.7 Å². The molecule has 2 aromatic rings. The smallest absolute Gasteiger partial charge is 0.326 e. The largest absolute Gasteiger partial charge is 0.508 e. The van der Waals surface area contributed by atoms with Crippen LogP contribution in [0.15, 0.2) is 64.6 Å². The number of aliphatic imine (C=N–C) groups is 2. The Morgan fingerprint density at radius 2 is 1.09 bits per heavy atom. The highest BCUT2D eigenvalue weighted by atomic mass is 16.4. The van der Waals surface area contributed by atoms with Crippen molar-refractivity contribution in [2.45, 2.75) is 81.7 Å². The minimum Gasteiger partial charge on any atom is -0.508 e. The van der Waals surface area contributed by atoms with Crippen LogP contribution >= 0.6 is 0 Å². The van der Waals surface area contributed by atoms with E-state index in [-0.39, 0.29) is 69.3 Å². The molecule has 0 heterocycles. The van der Waals surface area contributed by atoms with Crippen molar-refractivity contribution in [1.82, 2.24) is 26.6 Å². The van der Waals surface area contributed by atoms with Gasteiger partial charge in [0.15, 0.2) is 11.9 Å². The molecule has 0 bridgehead atoms. The first-order valence-corrected chi connectivity index (χ1v) is 18.0. The lowest BCUT2D eigenvalue weighted by molar-refractivity contribution is -0.142. The maximum absolute atomic E-state index is 13.8. The number of carbonyl (C=O) groups excluding carboxylic acids is 5. The fraction of sp³-hybridized carbons (Fsp3) is 0.444. The van der Waals surface area contributed by atoms with Gasteiger partial charge in [0, 0.05) is 19.5 Å². The molecular weight excluding hydrogens is 744 g/mol. The van der Waals surface area contributed by atoms with Gasteiger partial charge in [-0.3, -0.25) is 34.0 Å². The van der Waals surface area contributed by atoms with E-state index < -0.39 is 78.4 Å². The van der Waals surface area contributed by atoms with Crippen LogP contribution in [0.1, 0.15) is 43.7 Å². The summed E-state index contributed by atoms with van der Waals surface area (Å²) in [4.78, 5) is 86.2. The average Bonchev–Trinajstić information content (AvgIpc) is 3.16. The van der Waals surface area contributed by atoms with Crippen LogP contribution in [0.5, 0.6) is 5.75 Å². The summed E-state index contributed by atoms with van der Waals surface area (Å²) >= 11 is 0. The number of hydrogen-bond acceptors (Lipinski definition) is 11. The maximum atomic E-state index is 13.8. The van der Waals surface area contributed by atoms with Crippen LogP contribution in [0.25, 0.3) is 0 Å². The number of aliphatic hydroxyl groups excluding tert-OH is 1. The van der Waals surface area contributed by atoms with Gasteiger partial charge in [-0.25, -0.2) is 4.79 Å². The summed E-state index contributed by atoms with van der Waals surface area (Å²) in [6.07, 6.45) is 0.298. The number of carbonyl (C=O) groups is 6. The molecule has 312 valence electrons. The summed E-state index contributed by atoms with van der Waals surface area (Å²) in [5.41, 5.74) is 28.7. The topological polar surface area (TPSA) is 378 Å². The normalized spacial score (nSPS) is 13.9. The molecule has 21 nitrogen and oxygen atoms in total. The van der Waals surface area contributed by atoms with Crippen LogP contribution in [-0.4, -0.2) is 119 Å². The van der Waals surface area contributed by atoms with Gasteiger partial charge in [0.2, 0.25) is 29.5 Å². The number of amides is 5. The molecule has 0 radical (unpaired) electrons. The number of nitrogens with zero attached hydrogens (tertiary/aromatic N) is 2. The fourth-order valence-corrected chi connectivity index (χ4v) is 5.26. The van der Waals surface area contributed by atoms with Gasteiger partial charge < -0.3 is 70.6 Å². The highest BCUT2D eigenvalue weighted by Gasteiger charge is 2.32. The van der Waals surface area contributed by atoms with Crippen molar-refractivity contribution in [3.63, 3.8) is 0 Å². The molecule has 0 aromatic heterocycles. The number of phenols is 1. The number of aliphatic carboxylic acids is 1. The van der Waals surface area contributed by atoms with Crippen LogP contribution in [-0.2, 0) is 41.6 Å². The van der Waals surface area contributed by atoms with E-state index in [1.54, 1.807) is 30.3 Å². The second-order valence-corrected chi connectivity index (χ2v) is 13.1. The predicted molar refractivity (Wildman–Crippen MR) is 210 cm³/mol. The highest BCUT2D eigenvalue weighted by Crippen LogP contribution is 2.13. The molecule has 2 rings (SSSR count). The van der Waals surface area contributed by atoms with Gasteiger partial charge in [-0.15, -0.1) is 0 Å². The van der Waals surface area contributed by atoms with E-state index in [0.717, 1.165) is 5.56 Å². The number of guanidine groups is 2. The molecule has 0 aliphatic heterocycles. The van der Waals surface area contributed by atoms with Crippen molar-refractivity contribution in [2.24, 2.45) is 38.7 Å². The number of phenolic OH excluding ortho intramolecular Hbond substituents is 1. The highest BCUT2D eigenvalue weighted by molar-refractivity contribution is 5.96. The summed E-state index contributed by atoms with van der Waals surface area (Å²) in [6, 6.07) is 6.70. The molecule has 18 N–H and O–H groups in total. The van der Waals surface area contributed by atoms with Crippen molar-refractivity contribution in [3.05, 3.63) is 65.7 Å². The number of carboxylic acids is 1. The lowest BCUT2D eigenvalue weighted by Gasteiger charge is -2.26. The Morgan fingerprint density at radius 1 is 0.614 bits per heavy atom. The van der Waals surface area contributed by atoms with Gasteiger partial charge in [-0.05, 0) is 62.3 Å². The number of benzene rings is 2. The molecule has 6 atom stereocenters. The van der Waals surface area contributed by atoms with Crippen LogP contribution in [0.4, 0.5) is 0 Å². The zero-order valence-corrected chi connectivity index (χ0v) is 31.6. The Kier molecular flexibility index (Phi) is 19.8. The van der Waals surface area contributed by atoms with E-state index in [0.29, 0.717) is 5.56 Å². The second kappa shape index (κ2) is 24.1. The Balaban J connectivity index is 2.26. The van der Waals surface area contributed by atoms with Crippen molar-refractivity contribution < 1.29 is 44.1 Å². The first-order valence-electron chi connectivity index (χ1n) is 18.0. The number of aliphatic hydroxyl groups is 1. The number of aromatic hydroxyl groups is 1. The minimum absolute atomic E-state index is 0.0182. The Bertz CT molecular complexity index is 1700. The third-order valence-electron chi connectivity index (χ3n) is 8.35. The molecule has 21 heteroatoms. The number of carboxylic acid groups (broad SMARTS) is 1. The molecule has 0 aliphatic carbocycles. The maximum Gasteiger partial charge on any atom is 0.326 e. The zero-order valence-electron chi connectivity index (χ0n) is 31.6. The van der Waals surface area contributed by atoms with Crippen molar-refractivity contribution in [3.8, 4) is 5.75 Å². The van der Waals surface area contributed by atoms with E-state index in [2.05, 4.69) is 36.6 Å². The van der Waals surface area contributed by atoms with Gasteiger partial charge in [-0.2, -0.15) is 0 Å². The molecule has 0 spiro atoms. The minimum atomic E-state index is -1.51. The fourth-order valence-electron chi connectivity index (χ4n) is 5.26. The van der Waals surface area contributed by atoms with Crippen molar-refractivity contribution in [1.29, 1.82) is 0 Å². The van der Waals surface area contributed by atoms with E-state index in [1.807, 2.05) is 0 Å². The van der Waals surface area contributed by atoms with Gasteiger partial charge in [-0.1, -0.05) is 42.5 Å². The molecule has 2 aromatic carbocycles. The average molecular weight is 799 g/mol. The summed E-state index contributed by atoms with van der Waals surface area (Å²) in [7, 11) is 0. The third-order valence-corrected chi connectivity index (χ3v) is 8.35. The molecule has 0 saturated heterocycles. The first-order chi connectivity index (χ1) is 27.0. The molecule has 0 aliphatic rings. The number of rotatable bonds is 24. The van der Waals surface area contributed by atoms with E-state index >= 15 is 0 Å². The van der Waals surface area contributed by atoms with Gasteiger partial charge >= 0.3 is 5.97 Å². The SMILES string of the molecule is C[C@H](NC(=O)[C@H](Cc1ccc(O)cc1)NC(=O)[C@H](CCCN=C(N)N)NC(=O)[C@H](CO)NC(=O)[C@@H](N)Cc1ccccc1)C(=O)N[C@@H](CCCN=C(N)N)C(=O)O. The van der Waals surface area contributed by atoms with Crippen LogP contribution < -0.4 is 55.3 Å². The Labute approximate surface area is 329 Å². The van der Waals surface area contributed by atoms with E-state index in [9.17, 15) is 44.1 Å². The number of hydrogen-bond donors (Lipinski definition) is 13. The Morgan fingerprint density at radius 3 is 1.63 bits per heavy atom.